The summed E-state index contributed by atoms with van der Waals surface area (Å²) >= 11 is 1.78. The summed E-state index contributed by atoms with van der Waals surface area (Å²) in [6, 6.07) is 13.3. The maximum absolute atomic E-state index is 12.1. The van der Waals surface area contributed by atoms with E-state index in [0.29, 0.717) is 17.8 Å². The molecule has 0 spiro atoms. The van der Waals surface area contributed by atoms with Crippen LogP contribution in [0.2, 0.25) is 0 Å². The summed E-state index contributed by atoms with van der Waals surface area (Å²) in [6.45, 7) is 3.53. The molecule has 0 bridgehead atoms. The smallest absolute Gasteiger partial charge is 0.242 e. The van der Waals surface area contributed by atoms with Gasteiger partial charge in [0.25, 0.3) is 0 Å². The molecule has 7 nitrogen and oxygen atoms in total. The van der Waals surface area contributed by atoms with Gasteiger partial charge in [0.2, 0.25) is 10.0 Å². The highest BCUT2D eigenvalue weighted by Crippen LogP contribution is 2.21. The van der Waals surface area contributed by atoms with Crippen molar-refractivity contribution in [1.82, 2.24) is 20.3 Å². The topological polar surface area (TPSA) is 95.5 Å². The van der Waals surface area contributed by atoms with Gasteiger partial charge in [0.15, 0.2) is 5.96 Å². The molecule has 1 aromatic carbocycles. The normalized spacial score (nSPS) is 13.2. The summed E-state index contributed by atoms with van der Waals surface area (Å²) in [5, 5.41) is 6.71. The van der Waals surface area contributed by atoms with Crippen LogP contribution in [0.5, 0.6) is 0 Å². The first kappa shape index (κ1) is 21.2. The van der Waals surface area contributed by atoms with Crippen molar-refractivity contribution in [1.29, 1.82) is 0 Å². The highest BCUT2D eigenvalue weighted by Gasteiger charge is 2.13. The van der Waals surface area contributed by atoms with Crippen LogP contribution in [-0.2, 0) is 10.0 Å². The Kier molecular flexibility index (Phi) is 8.56. The molecule has 3 N–H and O–H groups in total. The molecule has 146 valence electrons. The van der Waals surface area contributed by atoms with Crippen molar-refractivity contribution in [2.75, 3.05) is 26.7 Å². The Morgan fingerprint density at radius 3 is 2.59 bits per heavy atom. The predicted octanol–water partition coefficient (Wildman–Crippen LogP) is 1.71. The number of benzene rings is 1. The maximum atomic E-state index is 12.1. The highest BCUT2D eigenvalue weighted by molar-refractivity contribution is 8.00. The van der Waals surface area contributed by atoms with Gasteiger partial charge >= 0.3 is 0 Å². The first-order valence-electron chi connectivity index (χ1n) is 8.57. The summed E-state index contributed by atoms with van der Waals surface area (Å²) in [4.78, 5) is 9.36. The average molecular weight is 408 g/mol. The molecule has 1 atom stereocenters. The van der Waals surface area contributed by atoms with Crippen LogP contribution in [0.15, 0.2) is 69.6 Å². The Labute approximate surface area is 165 Å². The van der Waals surface area contributed by atoms with E-state index in [1.54, 1.807) is 24.9 Å². The number of nitrogens with one attached hydrogen (secondary N) is 3. The van der Waals surface area contributed by atoms with Crippen LogP contribution >= 0.6 is 11.8 Å². The first-order valence-corrected chi connectivity index (χ1v) is 10.9. The molecule has 0 amide bonds. The number of aliphatic imine (C=N–C) groups is 1. The van der Waals surface area contributed by atoms with Crippen molar-refractivity contribution in [3.63, 3.8) is 0 Å². The van der Waals surface area contributed by atoms with Gasteiger partial charge in [-0.2, -0.15) is 0 Å². The van der Waals surface area contributed by atoms with E-state index in [0.717, 1.165) is 6.54 Å². The molecule has 1 heterocycles. The van der Waals surface area contributed by atoms with E-state index in [1.165, 1.54) is 23.4 Å². The van der Waals surface area contributed by atoms with Crippen LogP contribution in [0.1, 0.15) is 6.92 Å². The molecule has 0 saturated heterocycles. The molecule has 0 aliphatic carbocycles. The predicted molar refractivity (Wildman–Crippen MR) is 111 cm³/mol. The van der Waals surface area contributed by atoms with Crippen molar-refractivity contribution in [2.24, 2.45) is 4.99 Å². The fourth-order valence-electron chi connectivity index (χ4n) is 2.19. The summed E-state index contributed by atoms with van der Waals surface area (Å²) < 4.78 is 26.8. The van der Waals surface area contributed by atoms with E-state index in [2.05, 4.69) is 44.4 Å². The summed E-state index contributed by atoms with van der Waals surface area (Å²) in [5.74, 6) is 0.635. The molecule has 2 rings (SSSR count). The number of rotatable bonds is 9. The van der Waals surface area contributed by atoms with Gasteiger partial charge in [-0.15, -0.1) is 11.8 Å². The molecule has 0 aliphatic heterocycles. The molecular formula is C18H25N5O2S2. The van der Waals surface area contributed by atoms with Crippen molar-refractivity contribution >= 4 is 27.7 Å². The Hall–Kier alpha value is -2.10. The fourth-order valence-corrected chi connectivity index (χ4v) is 4.13. The minimum atomic E-state index is -3.54. The summed E-state index contributed by atoms with van der Waals surface area (Å²) in [5.41, 5.74) is 0. The molecule has 0 saturated carbocycles. The van der Waals surface area contributed by atoms with Crippen molar-refractivity contribution in [2.45, 2.75) is 22.0 Å². The van der Waals surface area contributed by atoms with Crippen molar-refractivity contribution in [3.05, 3.63) is 54.9 Å². The Morgan fingerprint density at radius 2 is 1.93 bits per heavy atom. The number of pyridine rings is 1. The lowest BCUT2D eigenvalue weighted by Gasteiger charge is -2.16. The van der Waals surface area contributed by atoms with Crippen molar-refractivity contribution in [3.8, 4) is 0 Å². The van der Waals surface area contributed by atoms with Crippen LogP contribution in [0.3, 0.4) is 0 Å². The number of nitrogens with zero attached hydrogens (tertiary/aromatic N) is 2. The van der Waals surface area contributed by atoms with E-state index in [9.17, 15) is 8.42 Å². The van der Waals surface area contributed by atoms with E-state index < -0.39 is 10.0 Å². The van der Waals surface area contributed by atoms with Gasteiger partial charge in [-0.25, -0.2) is 13.1 Å². The van der Waals surface area contributed by atoms with Gasteiger partial charge in [-0.3, -0.25) is 9.98 Å². The second-order valence-corrected chi connectivity index (χ2v) is 8.99. The zero-order valence-electron chi connectivity index (χ0n) is 15.4. The summed E-state index contributed by atoms with van der Waals surface area (Å²) in [6.07, 6.45) is 2.86. The Bertz CT molecular complexity index is 814. The fraction of sp³-hybridized carbons (Fsp3) is 0.333. The molecule has 2 aromatic rings. The lowest BCUT2D eigenvalue weighted by Crippen LogP contribution is -2.43. The minimum absolute atomic E-state index is 0.152. The highest BCUT2D eigenvalue weighted by atomic mass is 32.2. The molecule has 1 aromatic heterocycles. The zero-order chi connectivity index (χ0) is 19.5. The lowest BCUT2D eigenvalue weighted by molar-refractivity contribution is 0.580. The third kappa shape index (κ3) is 7.58. The zero-order valence-corrected chi connectivity index (χ0v) is 17.1. The van der Waals surface area contributed by atoms with Gasteiger partial charge in [0.1, 0.15) is 4.90 Å². The lowest BCUT2D eigenvalue weighted by atomic mass is 10.4. The van der Waals surface area contributed by atoms with E-state index in [4.69, 9.17) is 0 Å². The number of hydrogen-bond acceptors (Lipinski definition) is 5. The minimum Gasteiger partial charge on any atom is -0.355 e. The molecule has 1 unspecified atom stereocenters. The summed E-state index contributed by atoms with van der Waals surface area (Å²) in [7, 11) is -1.86. The van der Waals surface area contributed by atoms with Crippen LogP contribution in [-0.4, -0.2) is 51.3 Å². The van der Waals surface area contributed by atoms with Gasteiger partial charge < -0.3 is 10.6 Å². The van der Waals surface area contributed by atoms with Crippen LogP contribution in [0, 0.1) is 0 Å². The standard InChI is InChI=1S/C18H25N5O2S2/c1-15(26-16-7-4-3-5-8-16)13-22-18(19-2)21-11-12-23-27(24,25)17-9-6-10-20-14-17/h3-10,14-15,23H,11-13H2,1-2H3,(H2,19,21,22). The van der Waals surface area contributed by atoms with E-state index >= 15 is 0 Å². The monoisotopic (exact) mass is 407 g/mol. The van der Waals surface area contributed by atoms with Crippen LogP contribution in [0.25, 0.3) is 0 Å². The van der Waals surface area contributed by atoms with E-state index in [-0.39, 0.29) is 11.4 Å². The van der Waals surface area contributed by atoms with Crippen LogP contribution in [0.4, 0.5) is 0 Å². The third-order valence-corrected chi connectivity index (χ3v) is 6.07. The molecular weight excluding hydrogens is 382 g/mol. The second-order valence-electron chi connectivity index (χ2n) is 5.71. The van der Waals surface area contributed by atoms with Gasteiger partial charge in [0, 0.05) is 49.2 Å². The Balaban J connectivity index is 1.69. The molecule has 9 heteroatoms. The first-order chi connectivity index (χ1) is 13.0. The van der Waals surface area contributed by atoms with Gasteiger partial charge in [-0.1, -0.05) is 25.1 Å². The molecule has 0 fully saturated rings. The molecule has 0 radical (unpaired) electrons. The van der Waals surface area contributed by atoms with Crippen LogP contribution < -0.4 is 15.4 Å². The number of guanidine groups is 1. The number of sulfonamides is 1. The molecule has 27 heavy (non-hydrogen) atoms. The largest absolute Gasteiger partial charge is 0.355 e. The Morgan fingerprint density at radius 1 is 1.15 bits per heavy atom. The number of hydrogen-bond donors (Lipinski definition) is 3. The average Bonchev–Trinajstić information content (AvgIpc) is 2.69. The van der Waals surface area contributed by atoms with Gasteiger partial charge in [-0.05, 0) is 24.3 Å². The van der Waals surface area contributed by atoms with E-state index in [1.807, 2.05) is 18.2 Å². The van der Waals surface area contributed by atoms with Crippen molar-refractivity contribution < 1.29 is 8.42 Å². The van der Waals surface area contributed by atoms with Gasteiger partial charge in [0.05, 0.1) is 0 Å². The SMILES string of the molecule is CN=C(NCCNS(=O)(=O)c1cccnc1)NCC(C)Sc1ccccc1. The number of aromatic nitrogens is 1. The maximum Gasteiger partial charge on any atom is 0.242 e. The third-order valence-electron chi connectivity index (χ3n) is 3.52. The quantitative estimate of drug-likeness (QED) is 0.253. The second kappa shape index (κ2) is 10.9. The molecule has 0 aliphatic rings. The number of thioether (sulfide) groups is 1.